The summed E-state index contributed by atoms with van der Waals surface area (Å²) >= 11 is 1.75. The summed E-state index contributed by atoms with van der Waals surface area (Å²) in [6.45, 7) is 4.09. The number of aryl methyl sites for hydroxylation is 1. The summed E-state index contributed by atoms with van der Waals surface area (Å²) in [5.41, 5.74) is 2.27. The van der Waals surface area contributed by atoms with Gasteiger partial charge in [-0.25, -0.2) is 0 Å². The van der Waals surface area contributed by atoms with Gasteiger partial charge in [0.15, 0.2) is 0 Å². The molecular formula is C16H18OS. The van der Waals surface area contributed by atoms with Crippen LogP contribution in [0.2, 0.25) is 0 Å². The SMILES string of the molecule is CCC(O)c1ccc(Sc2cccc(C)c2)cc1. The lowest BCUT2D eigenvalue weighted by Crippen LogP contribution is -1.93. The van der Waals surface area contributed by atoms with Crippen molar-refractivity contribution in [1.29, 1.82) is 0 Å². The van der Waals surface area contributed by atoms with Crippen molar-refractivity contribution >= 4 is 11.8 Å². The fourth-order valence-electron chi connectivity index (χ4n) is 1.81. The van der Waals surface area contributed by atoms with Crippen molar-refractivity contribution in [3.8, 4) is 0 Å². The summed E-state index contributed by atoms with van der Waals surface area (Å²) in [5, 5.41) is 9.74. The zero-order valence-electron chi connectivity index (χ0n) is 10.8. The lowest BCUT2D eigenvalue weighted by atomic mass is 10.1. The minimum Gasteiger partial charge on any atom is -0.388 e. The molecule has 2 rings (SSSR count). The highest BCUT2D eigenvalue weighted by molar-refractivity contribution is 7.99. The van der Waals surface area contributed by atoms with Crippen molar-refractivity contribution in [3.63, 3.8) is 0 Å². The molecule has 0 aliphatic carbocycles. The van der Waals surface area contributed by atoms with E-state index in [0.717, 1.165) is 12.0 Å². The summed E-state index contributed by atoms with van der Waals surface area (Å²) in [6, 6.07) is 16.6. The van der Waals surface area contributed by atoms with Gasteiger partial charge < -0.3 is 5.11 Å². The van der Waals surface area contributed by atoms with Gasteiger partial charge in [0.1, 0.15) is 0 Å². The van der Waals surface area contributed by atoms with Crippen LogP contribution in [0.3, 0.4) is 0 Å². The molecule has 0 saturated heterocycles. The first kappa shape index (κ1) is 13.2. The maximum absolute atomic E-state index is 9.74. The molecule has 0 heterocycles. The molecule has 0 radical (unpaired) electrons. The second-order valence-corrected chi connectivity index (χ2v) is 5.56. The van der Waals surface area contributed by atoms with Gasteiger partial charge in [-0.1, -0.05) is 48.5 Å². The summed E-state index contributed by atoms with van der Waals surface area (Å²) in [6.07, 6.45) is 0.410. The van der Waals surface area contributed by atoms with Crippen LogP contribution < -0.4 is 0 Å². The summed E-state index contributed by atoms with van der Waals surface area (Å²) in [4.78, 5) is 2.45. The fraction of sp³-hybridized carbons (Fsp3) is 0.250. The third kappa shape index (κ3) is 3.37. The lowest BCUT2D eigenvalue weighted by Gasteiger charge is -2.09. The van der Waals surface area contributed by atoms with Crippen molar-refractivity contribution in [2.45, 2.75) is 36.2 Å². The Bertz CT molecular complexity index is 505. The molecule has 0 amide bonds. The molecule has 2 aromatic carbocycles. The van der Waals surface area contributed by atoms with Crippen molar-refractivity contribution in [3.05, 3.63) is 59.7 Å². The predicted molar refractivity (Wildman–Crippen MR) is 77.0 cm³/mol. The molecule has 0 saturated carbocycles. The Morgan fingerprint density at radius 3 is 2.39 bits per heavy atom. The highest BCUT2D eigenvalue weighted by atomic mass is 32.2. The quantitative estimate of drug-likeness (QED) is 0.865. The number of hydrogen-bond donors (Lipinski definition) is 1. The Kier molecular flexibility index (Phi) is 4.45. The molecule has 1 nitrogen and oxygen atoms in total. The summed E-state index contributed by atoms with van der Waals surface area (Å²) < 4.78 is 0. The number of hydrogen-bond acceptors (Lipinski definition) is 2. The van der Waals surface area contributed by atoms with Crippen LogP contribution in [0.1, 0.15) is 30.6 Å². The molecule has 1 atom stereocenters. The average Bonchev–Trinajstić information content (AvgIpc) is 2.39. The minimum absolute atomic E-state index is 0.344. The smallest absolute Gasteiger partial charge is 0.0787 e. The molecule has 1 unspecified atom stereocenters. The van der Waals surface area contributed by atoms with E-state index < -0.39 is 0 Å². The van der Waals surface area contributed by atoms with Crippen molar-refractivity contribution in [2.24, 2.45) is 0 Å². The first-order chi connectivity index (χ1) is 8.69. The van der Waals surface area contributed by atoms with E-state index in [1.54, 1.807) is 11.8 Å². The number of benzene rings is 2. The van der Waals surface area contributed by atoms with Crippen molar-refractivity contribution in [2.75, 3.05) is 0 Å². The normalized spacial score (nSPS) is 12.4. The van der Waals surface area contributed by atoms with Crippen LogP contribution in [-0.4, -0.2) is 5.11 Å². The van der Waals surface area contributed by atoms with E-state index in [9.17, 15) is 5.11 Å². The Morgan fingerprint density at radius 2 is 1.78 bits per heavy atom. The van der Waals surface area contributed by atoms with E-state index in [1.807, 2.05) is 19.1 Å². The van der Waals surface area contributed by atoms with Gasteiger partial charge in [-0.15, -0.1) is 0 Å². The maximum atomic E-state index is 9.74. The third-order valence-corrected chi connectivity index (χ3v) is 3.87. The van der Waals surface area contributed by atoms with Crippen LogP contribution >= 0.6 is 11.8 Å². The Morgan fingerprint density at radius 1 is 1.06 bits per heavy atom. The van der Waals surface area contributed by atoms with E-state index in [1.165, 1.54) is 15.4 Å². The zero-order valence-corrected chi connectivity index (χ0v) is 11.6. The lowest BCUT2D eigenvalue weighted by molar-refractivity contribution is 0.173. The van der Waals surface area contributed by atoms with Crippen molar-refractivity contribution < 1.29 is 5.11 Å². The topological polar surface area (TPSA) is 20.2 Å². The van der Waals surface area contributed by atoms with Crippen LogP contribution in [-0.2, 0) is 0 Å². The van der Waals surface area contributed by atoms with E-state index in [-0.39, 0.29) is 6.10 Å². The fourth-order valence-corrected chi connectivity index (χ4v) is 2.74. The molecule has 0 spiro atoms. The first-order valence-corrected chi connectivity index (χ1v) is 7.03. The van der Waals surface area contributed by atoms with E-state index in [2.05, 4.69) is 43.3 Å². The zero-order chi connectivity index (χ0) is 13.0. The molecule has 2 heteroatoms. The second kappa shape index (κ2) is 6.07. The summed E-state index contributed by atoms with van der Waals surface area (Å²) in [7, 11) is 0. The monoisotopic (exact) mass is 258 g/mol. The number of aliphatic hydroxyl groups excluding tert-OH is 1. The molecule has 94 valence electrons. The molecular weight excluding hydrogens is 240 g/mol. The molecule has 2 aromatic rings. The van der Waals surface area contributed by atoms with E-state index in [4.69, 9.17) is 0 Å². The Labute approximate surface area is 113 Å². The van der Waals surface area contributed by atoms with Gasteiger partial charge in [0, 0.05) is 9.79 Å². The van der Waals surface area contributed by atoms with Crippen LogP contribution in [0.15, 0.2) is 58.3 Å². The minimum atomic E-state index is -0.344. The molecule has 1 N–H and O–H groups in total. The van der Waals surface area contributed by atoms with Gasteiger partial charge in [0.25, 0.3) is 0 Å². The van der Waals surface area contributed by atoms with Crippen molar-refractivity contribution in [1.82, 2.24) is 0 Å². The number of aliphatic hydroxyl groups is 1. The van der Waals surface area contributed by atoms with Gasteiger partial charge >= 0.3 is 0 Å². The molecule has 18 heavy (non-hydrogen) atoms. The highest BCUT2D eigenvalue weighted by Gasteiger charge is 2.04. The van der Waals surface area contributed by atoms with E-state index in [0.29, 0.717) is 0 Å². The Hall–Kier alpha value is -1.25. The van der Waals surface area contributed by atoms with Crippen LogP contribution in [0, 0.1) is 6.92 Å². The average molecular weight is 258 g/mol. The van der Waals surface area contributed by atoms with Gasteiger partial charge in [0.05, 0.1) is 6.10 Å². The third-order valence-electron chi connectivity index (χ3n) is 2.88. The van der Waals surface area contributed by atoms with Crippen LogP contribution in [0.4, 0.5) is 0 Å². The van der Waals surface area contributed by atoms with Gasteiger partial charge in [0.2, 0.25) is 0 Å². The van der Waals surface area contributed by atoms with E-state index >= 15 is 0 Å². The highest BCUT2D eigenvalue weighted by Crippen LogP contribution is 2.29. The van der Waals surface area contributed by atoms with Gasteiger partial charge in [-0.3, -0.25) is 0 Å². The van der Waals surface area contributed by atoms with Gasteiger partial charge in [-0.2, -0.15) is 0 Å². The summed E-state index contributed by atoms with van der Waals surface area (Å²) in [5.74, 6) is 0. The van der Waals surface area contributed by atoms with Crippen LogP contribution in [0.25, 0.3) is 0 Å². The van der Waals surface area contributed by atoms with Crippen LogP contribution in [0.5, 0.6) is 0 Å². The molecule has 0 fully saturated rings. The molecule has 0 bridgehead atoms. The molecule has 0 aliphatic heterocycles. The number of rotatable bonds is 4. The van der Waals surface area contributed by atoms with Gasteiger partial charge in [-0.05, 0) is 43.2 Å². The maximum Gasteiger partial charge on any atom is 0.0787 e. The molecule has 0 aliphatic rings. The predicted octanol–water partition coefficient (Wildman–Crippen LogP) is 4.59. The standard InChI is InChI=1S/C16H18OS/c1-3-16(17)13-7-9-14(10-8-13)18-15-6-4-5-12(2)11-15/h4-11,16-17H,3H2,1-2H3. The second-order valence-electron chi connectivity index (χ2n) is 4.41. The Balaban J connectivity index is 2.11. The first-order valence-electron chi connectivity index (χ1n) is 6.21. The largest absolute Gasteiger partial charge is 0.388 e. The molecule has 0 aromatic heterocycles.